The van der Waals surface area contributed by atoms with Gasteiger partial charge < -0.3 is 0 Å². The molecule has 1 aliphatic heterocycles. The maximum Gasteiger partial charge on any atom is 0.269 e. The monoisotopic (exact) mass is 788 g/mol. The van der Waals surface area contributed by atoms with Crippen LogP contribution < -0.4 is 14.8 Å². The molecule has 0 radical (unpaired) electrons. The molecule has 1 amide bonds. The number of carbonyl (C=O) groups is 1. The first-order chi connectivity index (χ1) is 24.7. The molecule has 0 N–H and O–H groups in total. The molecule has 2 unspecified atom stereocenters. The van der Waals surface area contributed by atoms with Gasteiger partial charge in [0.15, 0.2) is 0 Å². The van der Waals surface area contributed by atoms with E-state index in [9.17, 15) is 9.59 Å². The van der Waals surface area contributed by atoms with E-state index in [1.54, 1.807) is 4.90 Å². The highest BCUT2D eigenvalue weighted by molar-refractivity contribution is 8.26. The predicted octanol–water partition coefficient (Wildman–Crippen LogP) is 11.8. The van der Waals surface area contributed by atoms with Crippen LogP contribution in [0.25, 0.3) is 28.5 Å². The van der Waals surface area contributed by atoms with Gasteiger partial charge in [0.1, 0.15) is 10.1 Å². The SMILES string of the molecule is C=c1s/c(=C\c2cc(F)c(-c3ccc(/C=C4\SC(=S)N(CC(CCCC)CCCCCC)C4=O)s3)s2)c(=O)n1CC(CCCC)CCCCCC. The number of halogens is 1. The summed E-state index contributed by atoms with van der Waals surface area (Å²) in [5.41, 5.74) is -0.0284. The van der Waals surface area contributed by atoms with Crippen molar-refractivity contribution in [2.45, 2.75) is 137 Å². The minimum absolute atomic E-state index is 0.0197. The second-order valence-electron chi connectivity index (χ2n) is 14.0. The summed E-state index contributed by atoms with van der Waals surface area (Å²) in [5, 5.41) is 0. The Morgan fingerprint density at radius 3 is 2.00 bits per heavy atom. The standard InChI is InChI=1S/C41H57FN2O2S5/c1-6-10-14-16-20-30(18-12-8-3)27-43-29(5)48-36(39(43)45)26-33-24-34(42)38(50-33)35-23-22-32(49-35)25-37-40(46)44(41(47)51-37)28-31(19-13-9-4)21-17-15-11-7-2/h22-26,30-31H,5-21,27-28H2,1-4H3/b36-26-,37-25-. The van der Waals surface area contributed by atoms with Gasteiger partial charge in [-0.15, -0.1) is 34.0 Å². The Hall–Kier alpha value is -1.85. The molecule has 0 bridgehead atoms. The van der Waals surface area contributed by atoms with E-state index in [0.717, 1.165) is 52.9 Å². The number of aromatic nitrogens is 1. The highest BCUT2D eigenvalue weighted by Gasteiger charge is 2.33. The average Bonchev–Trinajstić information content (AvgIpc) is 3.85. The molecule has 1 fully saturated rings. The Kier molecular flexibility index (Phi) is 17.9. The number of carbonyl (C=O) groups excluding carboxylic acids is 1. The van der Waals surface area contributed by atoms with Gasteiger partial charge in [0.25, 0.3) is 11.5 Å². The van der Waals surface area contributed by atoms with Gasteiger partial charge in [0.05, 0.1) is 19.0 Å². The van der Waals surface area contributed by atoms with Gasteiger partial charge in [0, 0.05) is 27.7 Å². The van der Waals surface area contributed by atoms with Crippen LogP contribution in [0.1, 0.15) is 140 Å². The van der Waals surface area contributed by atoms with E-state index < -0.39 is 0 Å². The fourth-order valence-corrected chi connectivity index (χ4v) is 11.1. The Bertz CT molecular complexity index is 1770. The zero-order valence-electron chi connectivity index (χ0n) is 31.1. The number of amides is 1. The molecule has 1 aliphatic rings. The second-order valence-corrected chi connectivity index (χ2v) is 18.9. The molecule has 0 spiro atoms. The number of rotatable bonds is 23. The van der Waals surface area contributed by atoms with Crippen molar-refractivity contribution >= 4 is 86.9 Å². The van der Waals surface area contributed by atoms with E-state index in [-0.39, 0.29) is 17.3 Å². The predicted molar refractivity (Wildman–Crippen MR) is 228 cm³/mol. The number of nitrogens with zero attached hydrogens (tertiary/aromatic N) is 2. The average molecular weight is 789 g/mol. The van der Waals surface area contributed by atoms with Crippen LogP contribution >= 0.6 is 58.0 Å². The van der Waals surface area contributed by atoms with Crippen molar-refractivity contribution in [3.05, 3.63) is 58.2 Å². The number of hydrogen-bond donors (Lipinski definition) is 0. The van der Waals surface area contributed by atoms with E-state index in [1.165, 1.54) is 116 Å². The van der Waals surface area contributed by atoms with Crippen molar-refractivity contribution < 1.29 is 9.18 Å². The van der Waals surface area contributed by atoms with E-state index >= 15 is 4.39 Å². The van der Waals surface area contributed by atoms with E-state index in [0.29, 0.717) is 48.4 Å². The number of hydrogen-bond acceptors (Lipinski definition) is 7. The van der Waals surface area contributed by atoms with Crippen LogP contribution in [-0.2, 0) is 11.3 Å². The van der Waals surface area contributed by atoms with Gasteiger partial charge in [-0.1, -0.05) is 135 Å². The first kappa shape index (κ1) is 41.9. The molecule has 3 aromatic rings. The van der Waals surface area contributed by atoms with Gasteiger partial charge >= 0.3 is 0 Å². The highest BCUT2D eigenvalue weighted by atomic mass is 32.2. The summed E-state index contributed by atoms with van der Waals surface area (Å²) in [6.45, 7) is 14.5. The van der Waals surface area contributed by atoms with Crippen LogP contribution in [0.3, 0.4) is 0 Å². The topological polar surface area (TPSA) is 42.3 Å². The van der Waals surface area contributed by atoms with Crippen molar-refractivity contribution in [2.75, 3.05) is 6.54 Å². The summed E-state index contributed by atoms with van der Waals surface area (Å²) in [5.74, 6) is 0.608. The number of thiocarbonyl (C=S) groups is 1. The van der Waals surface area contributed by atoms with Crippen LogP contribution in [0.4, 0.5) is 4.39 Å². The van der Waals surface area contributed by atoms with Gasteiger partial charge in [-0.2, -0.15) is 0 Å². The maximum atomic E-state index is 15.4. The lowest BCUT2D eigenvalue weighted by atomic mass is 9.94. The fraction of sp³-hybridized carbons (Fsp3) is 0.585. The number of unbranched alkanes of at least 4 members (excludes halogenated alkanes) is 8. The summed E-state index contributed by atoms with van der Waals surface area (Å²) in [6, 6.07) is 5.37. The molecular formula is C41H57FN2O2S5. The van der Waals surface area contributed by atoms with Gasteiger partial charge in [-0.25, -0.2) is 4.39 Å². The summed E-state index contributed by atoms with van der Waals surface area (Å²) in [7, 11) is 0. The molecule has 10 heteroatoms. The second kappa shape index (κ2) is 21.8. The van der Waals surface area contributed by atoms with Crippen LogP contribution in [0.5, 0.6) is 0 Å². The minimum atomic E-state index is -0.304. The zero-order chi connectivity index (χ0) is 36.8. The Morgan fingerprint density at radius 2 is 1.37 bits per heavy atom. The van der Waals surface area contributed by atoms with Crippen LogP contribution in [0.2, 0.25) is 0 Å². The third-order valence-electron chi connectivity index (χ3n) is 9.71. The van der Waals surface area contributed by atoms with E-state index in [4.69, 9.17) is 12.2 Å². The molecule has 4 rings (SSSR count). The quantitative estimate of drug-likeness (QED) is 0.0545. The summed E-state index contributed by atoms with van der Waals surface area (Å²) < 4.78 is 19.2. The zero-order valence-corrected chi connectivity index (χ0v) is 35.2. The van der Waals surface area contributed by atoms with E-state index in [1.807, 2.05) is 28.9 Å². The van der Waals surface area contributed by atoms with Crippen molar-refractivity contribution in [1.82, 2.24) is 9.47 Å². The first-order valence-corrected chi connectivity index (χ1v) is 22.9. The molecule has 0 aromatic carbocycles. The highest BCUT2D eigenvalue weighted by Crippen LogP contribution is 2.39. The molecule has 0 saturated carbocycles. The lowest BCUT2D eigenvalue weighted by Crippen LogP contribution is -2.33. The van der Waals surface area contributed by atoms with Crippen molar-refractivity contribution in [1.29, 1.82) is 0 Å². The summed E-state index contributed by atoms with van der Waals surface area (Å²) in [4.78, 5) is 32.4. The maximum absolute atomic E-state index is 15.4. The Balaban J connectivity index is 1.46. The summed E-state index contributed by atoms with van der Waals surface area (Å²) >= 11 is 11.3. The number of thioether (sulfide) groups is 1. The minimum Gasteiger partial charge on any atom is -0.299 e. The third kappa shape index (κ3) is 12.3. The largest absolute Gasteiger partial charge is 0.299 e. The molecular weight excluding hydrogens is 732 g/mol. The smallest absolute Gasteiger partial charge is 0.269 e. The fourth-order valence-electron chi connectivity index (χ4n) is 6.72. The third-order valence-corrected chi connectivity index (χ3v) is 14.3. The van der Waals surface area contributed by atoms with Crippen LogP contribution in [0, 0.1) is 17.7 Å². The molecule has 2 atom stereocenters. The first-order valence-electron chi connectivity index (χ1n) is 19.2. The molecule has 4 heterocycles. The molecule has 280 valence electrons. The van der Waals surface area contributed by atoms with Gasteiger partial charge in [-0.05, 0) is 67.9 Å². The van der Waals surface area contributed by atoms with Crippen LogP contribution in [0.15, 0.2) is 27.9 Å². The molecule has 51 heavy (non-hydrogen) atoms. The van der Waals surface area contributed by atoms with Gasteiger partial charge in [-0.3, -0.25) is 19.1 Å². The summed E-state index contributed by atoms with van der Waals surface area (Å²) in [6.07, 6.45) is 22.7. The number of thiazole rings is 1. The lowest BCUT2D eigenvalue weighted by molar-refractivity contribution is -0.122. The van der Waals surface area contributed by atoms with Crippen molar-refractivity contribution in [2.24, 2.45) is 11.8 Å². The van der Waals surface area contributed by atoms with Crippen molar-refractivity contribution in [3.8, 4) is 9.75 Å². The van der Waals surface area contributed by atoms with Crippen LogP contribution in [-0.4, -0.2) is 26.2 Å². The molecule has 1 saturated heterocycles. The Labute approximate surface area is 327 Å². The normalized spacial score (nSPS) is 15.9. The Morgan fingerprint density at radius 1 is 0.765 bits per heavy atom. The molecule has 4 nitrogen and oxygen atoms in total. The number of thiophene rings is 2. The van der Waals surface area contributed by atoms with Crippen molar-refractivity contribution in [3.63, 3.8) is 0 Å². The molecule has 3 aromatic heterocycles. The molecule has 0 aliphatic carbocycles. The van der Waals surface area contributed by atoms with E-state index in [2.05, 4.69) is 34.3 Å². The van der Waals surface area contributed by atoms with Gasteiger partial charge in [0.2, 0.25) is 0 Å². The lowest BCUT2D eigenvalue weighted by Gasteiger charge is -2.23.